The molecular formula is C14H10BrClN2. The molecule has 0 amide bonds. The van der Waals surface area contributed by atoms with Crippen molar-refractivity contribution < 1.29 is 0 Å². The van der Waals surface area contributed by atoms with Gasteiger partial charge >= 0.3 is 0 Å². The third kappa shape index (κ3) is 3.04. The summed E-state index contributed by atoms with van der Waals surface area (Å²) in [6.45, 7) is 2.03. The van der Waals surface area contributed by atoms with Gasteiger partial charge in [-0.1, -0.05) is 27.5 Å². The second-order valence-electron chi connectivity index (χ2n) is 3.95. The fraction of sp³-hybridized carbons (Fsp3) is 0.0714. The zero-order valence-corrected chi connectivity index (χ0v) is 12.0. The molecule has 0 aliphatic rings. The summed E-state index contributed by atoms with van der Waals surface area (Å²) in [5.41, 5.74) is 3.47. The molecule has 0 fully saturated rings. The van der Waals surface area contributed by atoms with Crippen LogP contribution in [0.2, 0.25) is 5.02 Å². The molecule has 0 radical (unpaired) electrons. The van der Waals surface area contributed by atoms with E-state index in [0.717, 1.165) is 21.4 Å². The lowest BCUT2D eigenvalue weighted by molar-refractivity contribution is 1.43. The van der Waals surface area contributed by atoms with Gasteiger partial charge in [-0.2, -0.15) is 5.26 Å². The van der Waals surface area contributed by atoms with Crippen LogP contribution in [0.5, 0.6) is 0 Å². The van der Waals surface area contributed by atoms with Crippen molar-refractivity contribution >= 4 is 38.9 Å². The molecule has 0 heterocycles. The fourth-order valence-corrected chi connectivity index (χ4v) is 2.49. The Kier molecular flexibility index (Phi) is 3.90. The maximum atomic E-state index is 8.81. The lowest BCUT2D eigenvalue weighted by Crippen LogP contribution is -1.91. The van der Waals surface area contributed by atoms with Gasteiger partial charge in [-0.25, -0.2) is 0 Å². The highest BCUT2D eigenvalue weighted by Gasteiger charge is 2.02. The second-order valence-corrected chi connectivity index (χ2v) is 5.27. The van der Waals surface area contributed by atoms with Crippen LogP contribution in [-0.2, 0) is 0 Å². The molecule has 0 aliphatic heterocycles. The quantitative estimate of drug-likeness (QED) is 0.842. The largest absolute Gasteiger partial charge is 0.355 e. The third-order valence-corrected chi connectivity index (χ3v) is 3.19. The van der Waals surface area contributed by atoms with Crippen LogP contribution in [0, 0.1) is 18.3 Å². The molecule has 2 nitrogen and oxygen atoms in total. The van der Waals surface area contributed by atoms with Gasteiger partial charge in [0.15, 0.2) is 0 Å². The van der Waals surface area contributed by atoms with E-state index in [0.29, 0.717) is 10.6 Å². The molecule has 0 spiro atoms. The van der Waals surface area contributed by atoms with Gasteiger partial charge in [-0.3, -0.25) is 0 Å². The summed E-state index contributed by atoms with van der Waals surface area (Å²) in [7, 11) is 0. The Morgan fingerprint density at radius 3 is 2.56 bits per heavy atom. The van der Waals surface area contributed by atoms with E-state index in [1.807, 2.05) is 37.3 Å². The summed E-state index contributed by atoms with van der Waals surface area (Å²) in [5, 5.41) is 12.5. The number of hydrogen-bond acceptors (Lipinski definition) is 2. The Bertz CT molecular complexity index is 612. The molecule has 2 aromatic carbocycles. The highest BCUT2D eigenvalue weighted by molar-refractivity contribution is 9.10. The summed E-state index contributed by atoms with van der Waals surface area (Å²) in [6.07, 6.45) is 0. The van der Waals surface area contributed by atoms with Crippen LogP contribution in [0.25, 0.3) is 0 Å². The molecule has 18 heavy (non-hydrogen) atoms. The molecule has 0 aliphatic carbocycles. The molecular weight excluding hydrogens is 312 g/mol. The van der Waals surface area contributed by atoms with E-state index in [2.05, 4.69) is 21.2 Å². The topological polar surface area (TPSA) is 35.8 Å². The Morgan fingerprint density at radius 2 is 1.94 bits per heavy atom. The number of benzene rings is 2. The summed E-state index contributed by atoms with van der Waals surface area (Å²) >= 11 is 9.44. The lowest BCUT2D eigenvalue weighted by atomic mass is 10.2. The fourth-order valence-electron chi connectivity index (χ4n) is 1.66. The van der Waals surface area contributed by atoms with Gasteiger partial charge in [0, 0.05) is 15.8 Å². The molecule has 2 rings (SSSR count). The number of nitrogens with one attached hydrogen (secondary N) is 1. The summed E-state index contributed by atoms with van der Waals surface area (Å²) in [5.74, 6) is 0. The highest BCUT2D eigenvalue weighted by atomic mass is 79.9. The Balaban J connectivity index is 2.29. The first-order chi connectivity index (χ1) is 8.58. The summed E-state index contributed by atoms with van der Waals surface area (Å²) in [6, 6.07) is 13.4. The van der Waals surface area contributed by atoms with Crippen LogP contribution in [-0.4, -0.2) is 0 Å². The highest BCUT2D eigenvalue weighted by Crippen LogP contribution is 2.25. The summed E-state index contributed by atoms with van der Waals surface area (Å²) < 4.78 is 1.02. The van der Waals surface area contributed by atoms with Crippen molar-refractivity contribution in [1.29, 1.82) is 5.26 Å². The first kappa shape index (κ1) is 12.9. The zero-order chi connectivity index (χ0) is 13.1. The maximum Gasteiger partial charge on any atom is 0.101 e. The van der Waals surface area contributed by atoms with E-state index >= 15 is 0 Å². The van der Waals surface area contributed by atoms with Crippen LogP contribution in [0.1, 0.15) is 11.1 Å². The van der Waals surface area contributed by atoms with Gasteiger partial charge in [-0.15, -0.1) is 0 Å². The number of aryl methyl sites for hydroxylation is 1. The molecule has 0 unspecified atom stereocenters. The number of anilines is 2. The van der Waals surface area contributed by atoms with Gasteiger partial charge in [0.25, 0.3) is 0 Å². The van der Waals surface area contributed by atoms with Crippen molar-refractivity contribution in [3.8, 4) is 6.07 Å². The van der Waals surface area contributed by atoms with Crippen LogP contribution in [0.4, 0.5) is 11.4 Å². The van der Waals surface area contributed by atoms with Crippen molar-refractivity contribution in [2.45, 2.75) is 6.92 Å². The lowest BCUT2D eigenvalue weighted by Gasteiger charge is -2.09. The van der Waals surface area contributed by atoms with Crippen molar-refractivity contribution in [3.63, 3.8) is 0 Å². The average Bonchev–Trinajstić information content (AvgIpc) is 2.27. The molecule has 0 bridgehead atoms. The van der Waals surface area contributed by atoms with Gasteiger partial charge in [-0.05, 0) is 48.9 Å². The molecule has 0 saturated carbocycles. The molecule has 0 atom stereocenters. The molecule has 0 aromatic heterocycles. The van der Waals surface area contributed by atoms with E-state index in [1.54, 1.807) is 12.1 Å². The van der Waals surface area contributed by atoms with Crippen molar-refractivity contribution in [2.24, 2.45) is 0 Å². The Hall–Kier alpha value is -1.50. The molecule has 4 heteroatoms. The molecule has 0 saturated heterocycles. The van der Waals surface area contributed by atoms with Crippen LogP contribution >= 0.6 is 27.5 Å². The number of hydrogen-bond donors (Lipinski definition) is 1. The molecule has 90 valence electrons. The van der Waals surface area contributed by atoms with E-state index in [1.165, 1.54) is 0 Å². The number of nitriles is 1. The maximum absolute atomic E-state index is 8.81. The van der Waals surface area contributed by atoms with Crippen molar-refractivity contribution in [3.05, 3.63) is 57.0 Å². The normalized spacial score (nSPS) is 9.89. The van der Waals surface area contributed by atoms with Gasteiger partial charge in [0.1, 0.15) is 6.07 Å². The number of halogens is 2. The van der Waals surface area contributed by atoms with Crippen LogP contribution in [0.3, 0.4) is 0 Å². The van der Waals surface area contributed by atoms with Crippen LogP contribution < -0.4 is 5.32 Å². The first-order valence-electron chi connectivity index (χ1n) is 5.32. The van der Waals surface area contributed by atoms with E-state index in [4.69, 9.17) is 16.9 Å². The predicted octanol–water partition coefficient (Wildman–Crippen LogP) is 5.03. The first-order valence-corrected chi connectivity index (χ1v) is 6.49. The summed E-state index contributed by atoms with van der Waals surface area (Å²) in [4.78, 5) is 0. The minimum absolute atomic E-state index is 0.453. The minimum Gasteiger partial charge on any atom is -0.355 e. The third-order valence-electron chi connectivity index (χ3n) is 2.42. The average molecular weight is 322 g/mol. The van der Waals surface area contributed by atoms with E-state index in [-0.39, 0.29) is 0 Å². The van der Waals surface area contributed by atoms with E-state index in [9.17, 15) is 0 Å². The monoisotopic (exact) mass is 320 g/mol. The standard InChI is InChI=1S/C14H10BrClN2/c1-9-4-11(15)6-13(5-9)18-12-3-2-10(8-17)14(16)7-12/h2-7,18H,1H3. The van der Waals surface area contributed by atoms with Gasteiger partial charge < -0.3 is 5.32 Å². The smallest absolute Gasteiger partial charge is 0.101 e. The SMILES string of the molecule is Cc1cc(Br)cc(Nc2ccc(C#N)c(Cl)c2)c1. The molecule has 1 N–H and O–H groups in total. The zero-order valence-electron chi connectivity index (χ0n) is 9.67. The number of nitrogens with zero attached hydrogens (tertiary/aromatic N) is 1. The van der Waals surface area contributed by atoms with Crippen molar-refractivity contribution in [1.82, 2.24) is 0 Å². The van der Waals surface area contributed by atoms with Gasteiger partial charge in [0.2, 0.25) is 0 Å². The number of rotatable bonds is 2. The molecule has 2 aromatic rings. The van der Waals surface area contributed by atoms with E-state index < -0.39 is 0 Å². The van der Waals surface area contributed by atoms with Crippen LogP contribution in [0.15, 0.2) is 40.9 Å². The predicted molar refractivity (Wildman–Crippen MR) is 78.3 cm³/mol. The minimum atomic E-state index is 0.453. The Morgan fingerprint density at radius 1 is 1.17 bits per heavy atom. The second kappa shape index (κ2) is 5.43. The van der Waals surface area contributed by atoms with Crippen molar-refractivity contribution in [2.75, 3.05) is 5.32 Å². The Labute approximate surface area is 119 Å². The van der Waals surface area contributed by atoms with Gasteiger partial charge in [0.05, 0.1) is 10.6 Å².